The summed E-state index contributed by atoms with van der Waals surface area (Å²) in [4.78, 5) is 22.4. The first kappa shape index (κ1) is 20.1. The van der Waals surface area contributed by atoms with Gasteiger partial charge >= 0.3 is 5.97 Å². The van der Waals surface area contributed by atoms with E-state index < -0.39 is 5.97 Å². The Kier molecular flexibility index (Phi) is 5.84. The lowest BCUT2D eigenvalue weighted by Crippen LogP contribution is -2.54. The highest BCUT2D eigenvalue weighted by atomic mass is 79.9. The SMILES string of the molecule is CCOC(=O)Cn1nnnc1-c1cnc(N2CC(Oc3cc(F)ccc3Br)C2)cn1. The maximum absolute atomic E-state index is 13.4. The average Bonchev–Trinajstić information content (AvgIpc) is 3.15. The van der Waals surface area contributed by atoms with Crippen molar-refractivity contribution in [3.05, 3.63) is 40.9 Å². The molecule has 0 saturated carbocycles. The molecule has 0 amide bonds. The number of aromatic nitrogens is 6. The molecule has 0 atom stereocenters. The molecule has 30 heavy (non-hydrogen) atoms. The van der Waals surface area contributed by atoms with Crippen molar-refractivity contribution in [3.8, 4) is 17.3 Å². The third kappa shape index (κ3) is 4.37. The standard InChI is InChI=1S/C18H17BrFN7O3/c1-2-29-17(28)10-27-18(23-24-25-27)14-6-22-16(7-21-14)26-8-12(9-26)30-15-5-11(20)3-4-13(15)19/h3-7,12H,2,8-10H2,1H3. The summed E-state index contributed by atoms with van der Waals surface area (Å²) < 4.78 is 26.1. The molecule has 3 aromatic rings. The van der Waals surface area contributed by atoms with Gasteiger partial charge in [0.05, 0.1) is 36.6 Å². The number of benzene rings is 1. The van der Waals surface area contributed by atoms with Gasteiger partial charge in [0.25, 0.3) is 0 Å². The topological polar surface area (TPSA) is 108 Å². The Labute approximate surface area is 179 Å². The van der Waals surface area contributed by atoms with Gasteiger partial charge in [-0.3, -0.25) is 4.79 Å². The van der Waals surface area contributed by atoms with Gasteiger partial charge in [-0.05, 0) is 45.4 Å². The van der Waals surface area contributed by atoms with Crippen LogP contribution in [-0.2, 0) is 16.1 Å². The Bertz CT molecular complexity index is 1040. The van der Waals surface area contributed by atoms with Crippen LogP contribution in [0.1, 0.15) is 6.92 Å². The van der Waals surface area contributed by atoms with Crippen molar-refractivity contribution < 1.29 is 18.7 Å². The Morgan fingerprint density at radius 3 is 2.87 bits per heavy atom. The molecule has 0 N–H and O–H groups in total. The summed E-state index contributed by atoms with van der Waals surface area (Å²) >= 11 is 3.35. The molecule has 156 valence electrons. The molecule has 0 bridgehead atoms. The third-order valence-electron chi connectivity index (χ3n) is 4.34. The zero-order valence-corrected chi connectivity index (χ0v) is 17.5. The van der Waals surface area contributed by atoms with Crippen LogP contribution in [0.15, 0.2) is 35.1 Å². The maximum Gasteiger partial charge on any atom is 0.327 e. The van der Waals surface area contributed by atoms with Gasteiger partial charge < -0.3 is 14.4 Å². The lowest BCUT2D eigenvalue weighted by atomic mass is 10.1. The number of ether oxygens (including phenoxy) is 2. The van der Waals surface area contributed by atoms with Crippen LogP contribution in [0.4, 0.5) is 10.2 Å². The number of halogens is 2. The van der Waals surface area contributed by atoms with E-state index in [4.69, 9.17) is 9.47 Å². The number of esters is 1. The molecule has 1 fully saturated rings. The van der Waals surface area contributed by atoms with Crippen LogP contribution in [0.2, 0.25) is 0 Å². The number of hydrogen-bond donors (Lipinski definition) is 0. The quantitative estimate of drug-likeness (QED) is 0.470. The van der Waals surface area contributed by atoms with E-state index in [9.17, 15) is 9.18 Å². The monoisotopic (exact) mass is 477 g/mol. The van der Waals surface area contributed by atoms with Crippen LogP contribution in [0.3, 0.4) is 0 Å². The molecule has 0 spiro atoms. The first-order valence-electron chi connectivity index (χ1n) is 9.14. The van der Waals surface area contributed by atoms with Gasteiger partial charge in [-0.15, -0.1) is 5.10 Å². The van der Waals surface area contributed by atoms with Crippen molar-refractivity contribution in [2.45, 2.75) is 19.6 Å². The summed E-state index contributed by atoms with van der Waals surface area (Å²) in [6, 6.07) is 4.33. The summed E-state index contributed by atoms with van der Waals surface area (Å²) in [6.45, 7) is 3.09. The van der Waals surface area contributed by atoms with Crippen LogP contribution in [0, 0.1) is 5.82 Å². The molecule has 0 aliphatic carbocycles. The average molecular weight is 478 g/mol. The van der Waals surface area contributed by atoms with Gasteiger partial charge in [-0.2, -0.15) is 0 Å². The van der Waals surface area contributed by atoms with Crippen LogP contribution in [0.25, 0.3) is 11.5 Å². The van der Waals surface area contributed by atoms with Gasteiger partial charge in [0.2, 0.25) is 5.82 Å². The minimum Gasteiger partial charge on any atom is -0.485 e. The van der Waals surface area contributed by atoms with E-state index in [1.165, 1.54) is 16.8 Å². The smallest absolute Gasteiger partial charge is 0.327 e. The first-order chi connectivity index (χ1) is 14.5. The Balaban J connectivity index is 1.37. The summed E-state index contributed by atoms with van der Waals surface area (Å²) in [7, 11) is 0. The largest absolute Gasteiger partial charge is 0.485 e. The molecule has 0 unspecified atom stereocenters. The van der Waals surface area contributed by atoms with Gasteiger partial charge in [-0.1, -0.05) is 0 Å². The van der Waals surface area contributed by atoms with Gasteiger partial charge in [-0.25, -0.2) is 19.0 Å². The molecular weight excluding hydrogens is 461 g/mol. The Morgan fingerprint density at radius 1 is 1.30 bits per heavy atom. The summed E-state index contributed by atoms with van der Waals surface area (Å²) in [6.07, 6.45) is 3.06. The molecule has 0 radical (unpaired) electrons. The molecule has 3 heterocycles. The Morgan fingerprint density at radius 2 is 2.13 bits per heavy atom. The molecule has 2 aromatic heterocycles. The summed E-state index contributed by atoms with van der Waals surface area (Å²) in [5.74, 6) is 0.669. The molecule has 4 rings (SSSR count). The minimum atomic E-state index is -0.438. The van der Waals surface area contributed by atoms with Crippen LogP contribution in [0.5, 0.6) is 5.75 Å². The fraction of sp³-hybridized carbons (Fsp3) is 0.333. The highest BCUT2D eigenvalue weighted by Crippen LogP contribution is 2.29. The molecule has 10 nitrogen and oxygen atoms in total. The molecule has 1 saturated heterocycles. The zero-order chi connectivity index (χ0) is 21.1. The van der Waals surface area contributed by atoms with Crippen LogP contribution < -0.4 is 9.64 Å². The van der Waals surface area contributed by atoms with Crippen molar-refractivity contribution in [2.75, 3.05) is 24.6 Å². The van der Waals surface area contributed by atoms with E-state index in [0.29, 0.717) is 40.6 Å². The van der Waals surface area contributed by atoms with Crippen molar-refractivity contribution >= 4 is 27.7 Å². The van der Waals surface area contributed by atoms with Crippen molar-refractivity contribution in [2.24, 2.45) is 0 Å². The first-order valence-corrected chi connectivity index (χ1v) is 9.93. The zero-order valence-electron chi connectivity index (χ0n) is 15.9. The van der Waals surface area contributed by atoms with E-state index in [1.807, 2.05) is 4.90 Å². The third-order valence-corrected chi connectivity index (χ3v) is 5.00. The number of rotatable bonds is 7. The van der Waals surface area contributed by atoms with E-state index in [2.05, 4.69) is 41.4 Å². The predicted molar refractivity (Wildman–Crippen MR) is 106 cm³/mol. The molecule has 12 heteroatoms. The lowest BCUT2D eigenvalue weighted by Gasteiger charge is -2.39. The second-order valence-corrected chi connectivity index (χ2v) is 7.30. The number of anilines is 1. The van der Waals surface area contributed by atoms with E-state index in [0.717, 1.165) is 0 Å². The minimum absolute atomic E-state index is 0.0820. The Hall–Kier alpha value is -3.15. The van der Waals surface area contributed by atoms with Gasteiger partial charge in [0.15, 0.2) is 0 Å². The normalized spacial score (nSPS) is 13.8. The fourth-order valence-corrected chi connectivity index (χ4v) is 3.21. The number of hydrogen-bond acceptors (Lipinski definition) is 9. The molecule has 1 aromatic carbocycles. The van der Waals surface area contributed by atoms with Gasteiger partial charge in [0.1, 0.15) is 35.7 Å². The number of carbonyl (C=O) groups is 1. The van der Waals surface area contributed by atoms with Crippen LogP contribution in [-0.4, -0.2) is 61.9 Å². The van der Waals surface area contributed by atoms with E-state index >= 15 is 0 Å². The molecule has 1 aliphatic heterocycles. The van der Waals surface area contributed by atoms with Gasteiger partial charge in [0, 0.05) is 6.07 Å². The fourth-order valence-electron chi connectivity index (χ4n) is 2.87. The number of carbonyl (C=O) groups excluding carboxylic acids is 1. The van der Waals surface area contributed by atoms with Crippen molar-refractivity contribution in [1.82, 2.24) is 30.2 Å². The number of tetrazole rings is 1. The summed E-state index contributed by atoms with van der Waals surface area (Å²) in [5.41, 5.74) is 0.435. The van der Waals surface area contributed by atoms with E-state index in [-0.39, 0.29) is 25.1 Å². The highest BCUT2D eigenvalue weighted by Gasteiger charge is 2.30. The summed E-state index contributed by atoms with van der Waals surface area (Å²) in [5, 5.41) is 11.3. The van der Waals surface area contributed by atoms with Crippen LogP contribution >= 0.6 is 15.9 Å². The maximum atomic E-state index is 13.4. The number of nitrogens with zero attached hydrogens (tertiary/aromatic N) is 7. The second kappa shape index (κ2) is 8.69. The van der Waals surface area contributed by atoms with E-state index in [1.54, 1.807) is 25.4 Å². The molecule has 1 aliphatic rings. The highest BCUT2D eigenvalue weighted by molar-refractivity contribution is 9.10. The molecular formula is C18H17BrFN7O3. The van der Waals surface area contributed by atoms with Crippen molar-refractivity contribution in [3.63, 3.8) is 0 Å². The second-order valence-electron chi connectivity index (χ2n) is 6.44. The lowest BCUT2D eigenvalue weighted by molar-refractivity contribution is -0.144. The van der Waals surface area contributed by atoms with Crippen molar-refractivity contribution in [1.29, 1.82) is 0 Å². The predicted octanol–water partition coefficient (Wildman–Crippen LogP) is 1.86.